The van der Waals surface area contributed by atoms with Crippen molar-refractivity contribution in [3.63, 3.8) is 0 Å². The Morgan fingerprint density at radius 2 is 1.93 bits per heavy atom. The normalized spacial score (nSPS) is 14.9. The summed E-state index contributed by atoms with van der Waals surface area (Å²) in [4.78, 5) is 0. The van der Waals surface area contributed by atoms with E-state index in [1.54, 1.807) is 0 Å². The molecule has 1 aromatic carbocycles. The highest BCUT2D eigenvalue weighted by Gasteiger charge is 2.10. The molecular formula is C13H21NS. The number of hydrogen-bond acceptors (Lipinski definition) is 2. The van der Waals surface area contributed by atoms with Gasteiger partial charge in [0.25, 0.3) is 0 Å². The minimum atomic E-state index is 0.438. The van der Waals surface area contributed by atoms with Crippen LogP contribution in [0.15, 0.2) is 24.3 Å². The fourth-order valence-electron chi connectivity index (χ4n) is 1.89. The van der Waals surface area contributed by atoms with Gasteiger partial charge in [0.1, 0.15) is 0 Å². The van der Waals surface area contributed by atoms with E-state index in [2.05, 4.69) is 56.6 Å². The first-order chi connectivity index (χ1) is 7.15. The van der Waals surface area contributed by atoms with E-state index >= 15 is 0 Å². The highest BCUT2D eigenvalue weighted by atomic mass is 32.2. The van der Waals surface area contributed by atoms with E-state index in [1.807, 2.05) is 11.8 Å². The molecule has 0 amide bonds. The summed E-state index contributed by atoms with van der Waals surface area (Å²) < 4.78 is 0. The molecule has 2 heteroatoms. The second kappa shape index (κ2) is 6.19. The van der Waals surface area contributed by atoms with Gasteiger partial charge in [-0.05, 0) is 38.2 Å². The lowest BCUT2D eigenvalue weighted by molar-refractivity contribution is 0.510. The van der Waals surface area contributed by atoms with Gasteiger partial charge in [-0.15, -0.1) is 0 Å². The number of hydrogen-bond donors (Lipinski definition) is 1. The van der Waals surface area contributed by atoms with Gasteiger partial charge < -0.3 is 5.32 Å². The van der Waals surface area contributed by atoms with Gasteiger partial charge in [0.05, 0.1) is 0 Å². The highest BCUT2D eigenvalue weighted by Crippen LogP contribution is 2.17. The molecule has 0 radical (unpaired) electrons. The highest BCUT2D eigenvalue weighted by molar-refractivity contribution is 7.98. The molecule has 2 unspecified atom stereocenters. The molecule has 15 heavy (non-hydrogen) atoms. The average molecular weight is 223 g/mol. The second-order valence-corrected chi connectivity index (χ2v) is 5.01. The number of rotatable bonds is 5. The van der Waals surface area contributed by atoms with Crippen molar-refractivity contribution in [3.05, 3.63) is 35.4 Å². The van der Waals surface area contributed by atoms with Crippen LogP contribution in [0.2, 0.25) is 0 Å². The van der Waals surface area contributed by atoms with Gasteiger partial charge in [0, 0.05) is 17.8 Å². The van der Waals surface area contributed by atoms with Crippen LogP contribution in [0.3, 0.4) is 0 Å². The summed E-state index contributed by atoms with van der Waals surface area (Å²) in [6, 6.07) is 9.59. The Labute approximate surface area is 97.7 Å². The van der Waals surface area contributed by atoms with Crippen LogP contribution in [0.4, 0.5) is 0 Å². The topological polar surface area (TPSA) is 12.0 Å². The van der Waals surface area contributed by atoms with E-state index < -0.39 is 0 Å². The van der Waals surface area contributed by atoms with Crippen LogP contribution in [0.5, 0.6) is 0 Å². The van der Waals surface area contributed by atoms with E-state index in [0.717, 1.165) is 5.75 Å². The minimum Gasteiger partial charge on any atom is -0.307 e. The third-order valence-electron chi connectivity index (χ3n) is 2.61. The summed E-state index contributed by atoms with van der Waals surface area (Å²) in [5.74, 6) is 1.16. The molecule has 0 bridgehead atoms. The first-order valence-corrected chi connectivity index (χ1v) is 6.85. The monoisotopic (exact) mass is 223 g/mol. The predicted octanol–water partition coefficient (Wildman–Crippen LogP) is 3.40. The van der Waals surface area contributed by atoms with Crippen LogP contribution in [0.1, 0.15) is 31.0 Å². The van der Waals surface area contributed by atoms with E-state index in [-0.39, 0.29) is 0 Å². The lowest BCUT2D eigenvalue weighted by Gasteiger charge is -2.21. The zero-order valence-corrected chi connectivity index (χ0v) is 10.9. The Morgan fingerprint density at radius 3 is 2.53 bits per heavy atom. The van der Waals surface area contributed by atoms with Crippen molar-refractivity contribution in [1.29, 1.82) is 0 Å². The maximum atomic E-state index is 3.62. The predicted molar refractivity (Wildman–Crippen MR) is 70.6 cm³/mol. The largest absolute Gasteiger partial charge is 0.307 e. The second-order valence-electron chi connectivity index (χ2n) is 4.10. The van der Waals surface area contributed by atoms with Gasteiger partial charge in [-0.1, -0.05) is 24.3 Å². The van der Waals surface area contributed by atoms with Crippen LogP contribution in [0.25, 0.3) is 0 Å². The molecule has 1 N–H and O–H groups in total. The molecule has 1 rings (SSSR count). The third-order valence-corrected chi connectivity index (χ3v) is 3.44. The van der Waals surface area contributed by atoms with Crippen molar-refractivity contribution >= 4 is 11.8 Å². The van der Waals surface area contributed by atoms with Gasteiger partial charge in [-0.2, -0.15) is 11.8 Å². The smallest absolute Gasteiger partial charge is 0.0297 e. The van der Waals surface area contributed by atoms with Gasteiger partial charge in [0.15, 0.2) is 0 Å². The Morgan fingerprint density at radius 1 is 1.27 bits per heavy atom. The molecule has 0 aromatic heterocycles. The van der Waals surface area contributed by atoms with Crippen LogP contribution in [-0.4, -0.2) is 18.1 Å². The quantitative estimate of drug-likeness (QED) is 0.821. The summed E-state index contributed by atoms with van der Waals surface area (Å²) in [6.07, 6.45) is 2.15. The van der Waals surface area contributed by atoms with Gasteiger partial charge in [-0.25, -0.2) is 0 Å². The molecule has 1 nitrogen and oxygen atoms in total. The van der Waals surface area contributed by atoms with Crippen LogP contribution < -0.4 is 5.32 Å². The number of aryl methyl sites for hydroxylation is 1. The van der Waals surface area contributed by atoms with Crippen molar-refractivity contribution in [2.45, 2.75) is 32.9 Å². The fraction of sp³-hybridized carbons (Fsp3) is 0.538. The standard InChI is InChI=1S/C13H21NS/c1-10-7-5-6-8-13(10)12(3)14-11(2)9-15-4/h5-8,11-12,14H,9H2,1-4H3. The lowest BCUT2D eigenvalue weighted by atomic mass is 10.0. The molecule has 2 atom stereocenters. The van der Waals surface area contributed by atoms with Crippen LogP contribution >= 0.6 is 11.8 Å². The van der Waals surface area contributed by atoms with Crippen LogP contribution in [-0.2, 0) is 0 Å². The van der Waals surface area contributed by atoms with Gasteiger partial charge >= 0.3 is 0 Å². The molecule has 0 fully saturated rings. The third kappa shape index (κ3) is 3.88. The maximum Gasteiger partial charge on any atom is 0.0297 e. The maximum absolute atomic E-state index is 3.62. The molecule has 0 saturated carbocycles. The number of thioether (sulfide) groups is 1. The molecule has 0 aliphatic heterocycles. The van der Waals surface area contributed by atoms with Crippen molar-refractivity contribution in [3.8, 4) is 0 Å². The van der Waals surface area contributed by atoms with Crippen molar-refractivity contribution < 1.29 is 0 Å². The lowest BCUT2D eigenvalue weighted by Crippen LogP contribution is -2.31. The Bertz CT molecular complexity index is 298. The zero-order chi connectivity index (χ0) is 11.3. The molecule has 0 aliphatic carbocycles. The van der Waals surface area contributed by atoms with E-state index in [4.69, 9.17) is 0 Å². The van der Waals surface area contributed by atoms with Gasteiger partial charge in [0.2, 0.25) is 0 Å². The average Bonchev–Trinajstić information content (AvgIpc) is 2.18. The van der Waals surface area contributed by atoms with Crippen molar-refractivity contribution in [1.82, 2.24) is 5.32 Å². The van der Waals surface area contributed by atoms with Crippen molar-refractivity contribution in [2.75, 3.05) is 12.0 Å². The first kappa shape index (κ1) is 12.6. The molecule has 0 heterocycles. The number of nitrogens with one attached hydrogen (secondary N) is 1. The molecule has 1 aromatic rings. The molecule has 84 valence electrons. The molecule has 0 spiro atoms. The Kier molecular flexibility index (Phi) is 5.20. The summed E-state index contributed by atoms with van der Waals surface area (Å²) in [6.45, 7) is 6.65. The summed E-state index contributed by atoms with van der Waals surface area (Å²) in [5.41, 5.74) is 2.78. The summed E-state index contributed by atoms with van der Waals surface area (Å²) in [5, 5.41) is 3.62. The zero-order valence-electron chi connectivity index (χ0n) is 10.1. The molecule has 0 aliphatic rings. The summed E-state index contributed by atoms with van der Waals surface area (Å²) in [7, 11) is 0. The van der Waals surface area contributed by atoms with Crippen LogP contribution in [0, 0.1) is 6.92 Å². The summed E-state index contributed by atoms with van der Waals surface area (Å²) >= 11 is 1.89. The molecular weight excluding hydrogens is 202 g/mol. The van der Waals surface area contributed by atoms with E-state index in [1.165, 1.54) is 11.1 Å². The number of benzene rings is 1. The Hall–Kier alpha value is -0.470. The van der Waals surface area contributed by atoms with Crippen molar-refractivity contribution in [2.24, 2.45) is 0 Å². The Balaban J connectivity index is 2.61. The fourth-order valence-corrected chi connectivity index (χ4v) is 2.48. The van der Waals surface area contributed by atoms with Gasteiger partial charge in [-0.3, -0.25) is 0 Å². The first-order valence-electron chi connectivity index (χ1n) is 5.45. The minimum absolute atomic E-state index is 0.438. The SMILES string of the molecule is CSCC(C)NC(C)c1ccccc1C. The van der Waals surface area contributed by atoms with E-state index in [0.29, 0.717) is 12.1 Å². The van der Waals surface area contributed by atoms with E-state index in [9.17, 15) is 0 Å². The molecule has 0 saturated heterocycles.